The van der Waals surface area contributed by atoms with Crippen molar-refractivity contribution in [3.05, 3.63) is 51.7 Å². The molecule has 0 atom stereocenters. The quantitative estimate of drug-likeness (QED) is 0.495. The number of fused-ring (bicyclic) bond motifs is 1. The number of alkyl halides is 3. The maximum atomic E-state index is 12.9. The fourth-order valence-electron chi connectivity index (χ4n) is 3.10. The van der Waals surface area contributed by atoms with E-state index in [4.69, 9.17) is 11.6 Å². The average Bonchev–Trinajstić information content (AvgIpc) is 2.91. The second kappa shape index (κ2) is 9.06. The smallest absolute Gasteiger partial charge is 0.324 e. The van der Waals surface area contributed by atoms with Gasteiger partial charge in [0.05, 0.1) is 27.6 Å². The number of hydrogen-bond donors (Lipinski definition) is 1. The molecule has 152 valence electrons. The van der Waals surface area contributed by atoms with Crippen molar-refractivity contribution in [1.82, 2.24) is 4.98 Å². The lowest BCUT2D eigenvalue weighted by Crippen LogP contribution is -2.16. The Kier molecular flexibility index (Phi) is 6.70. The van der Waals surface area contributed by atoms with E-state index in [1.54, 1.807) is 0 Å². The van der Waals surface area contributed by atoms with Crippen LogP contribution in [0.1, 0.15) is 41.6 Å². The maximum absolute atomic E-state index is 12.9. The molecule has 4 nitrogen and oxygen atoms in total. The van der Waals surface area contributed by atoms with Crippen molar-refractivity contribution < 1.29 is 18.0 Å². The summed E-state index contributed by atoms with van der Waals surface area (Å²) in [6.07, 6.45) is 0.390. The second-order valence-corrected chi connectivity index (χ2v) is 8.02. The maximum Gasteiger partial charge on any atom is 0.416 e. The third-order valence-corrected chi connectivity index (χ3v) is 5.86. The Bertz CT molecular complexity index is 973. The Morgan fingerprint density at radius 1 is 1.24 bits per heavy atom. The van der Waals surface area contributed by atoms with E-state index >= 15 is 0 Å². The summed E-state index contributed by atoms with van der Waals surface area (Å²) >= 11 is 6.99. The molecule has 1 aliphatic carbocycles. The van der Waals surface area contributed by atoms with Gasteiger partial charge in [-0.05, 0) is 55.5 Å². The molecular formula is C20H17ClF3N3OS. The molecule has 1 aromatic carbocycles. The zero-order valence-corrected chi connectivity index (χ0v) is 16.8. The highest BCUT2D eigenvalue weighted by Gasteiger charge is 2.31. The van der Waals surface area contributed by atoms with E-state index in [1.807, 2.05) is 6.07 Å². The molecule has 1 aliphatic rings. The summed E-state index contributed by atoms with van der Waals surface area (Å²) in [4.78, 5) is 16.8. The summed E-state index contributed by atoms with van der Waals surface area (Å²) in [6.45, 7) is 0. The van der Waals surface area contributed by atoms with Gasteiger partial charge in [-0.1, -0.05) is 29.8 Å². The SMILES string of the molecule is N#Cc1cc2c(nc1SCC(=O)Nc1cc(C(F)(F)F)ccc1Cl)CCCCC2. The van der Waals surface area contributed by atoms with Gasteiger partial charge >= 0.3 is 6.18 Å². The minimum Gasteiger partial charge on any atom is -0.324 e. The van der Waals surface area contributed by atoms with Crippen molar-refractivity contribution >= 4 is 35.0 Å². The first-order valence-electron chi connectivity index (χ1n) is 9.00. The van der Waals surface area contributed by atoms with Crippen LogP contribution in [-0.4, -0.2) is 16.6 Å². The van der Waals surface area contributed by atoms with Crippen LogP contribution in [0.4, 0.5) is 18.9 Å². The highest BCUT2D eigenvalue weighted by Crippen LogP contribution is 2.34. The van der Waals surface area contributed by atoms with Gasteiger partial charge in [0.25, 0.3) is 0 Å². The van der Waals surface area contributed by atoms with Crippen LogP contribution in [0.2, 0.25) is 5.02 Å². The van der Waals surface area contributed by atoms with Crippen LogP contribution in [0.25, 0.3) is 0 Å². The van der Waals surface area contributed by atoms with Crippen molar-refractivity contribution in [3.63, 3.8) is 0 Å². The Hall–Kier alpha value is -2.24. The first kappa shape index (κ1) is 21.5. The summed E-state index contributed by atoms with van der Waals surface area (Å²) in [6, 6.07) is 6.69. The molecule has 1 N–H and O–H groups in total. The number of nitrogens with zero attached hydrogens (tertiary/aromatic N) is 2. The number of anilines is 1. The predicted molar refractivity (Wildman–Crippen MR) is 106 cm³/mol. The first-order valence-corrected chi connectivity index (χ1v) is 10.4. The van der Waals surface area contributed by atoms with Crippen LogP contribution in [0, 0.1) is 11.3 Å². The minimum absolute atomic E-state index is 0.0113. The van der Waals surface area contributed by atoms with Gasteiger partial charge in [0.15, 0.2) is 0 Å². The molecule has 9 heteroatoms. The molecule has 1 heterocycles. The average molecular weight is 440 g/mol. The van der Waals surface area contributed by atoms with Crippen molar-refractivity contribution in [2.24, 2.45) is 0 Å². The van der Waals surface area contributed by atoms with Gasteiger partial charge in [-0.3, -0.25) is 4.79 Å². The summed E-state index contributed by atoms with van der Waals surface area (Å²) < 4.78 is 38.6. The monoisotopic (exact) mass is 439 g/mol. The molecule has 0 saturated carbocycles. The van der Waals surface area contributed by atoms with Crippen molar-refractivity contribution in [3.8, 4) is 6.07 Å². The van der Waals surface area contributed by atoms with Gasteiger partial charge in [0.2, 0.25) is 5.91 Å². The number of halogens is 4. The topological polar surface area (TPSA) is 65.8 Å². The summed E-state index contributed by atoms with van der Waals surface area (Å²) in [5, 5.41) is 12.3. The van der Waals surface area contributed by atoms with Crippen molar-refractivity contribution in [2.45, 2.75) is 43.3 Å². The van der Waals surface area contributed by atoms with E-state index < -0.39 is 17.6 Å². The van der Waals surface area contributed by atoms with E-state index in [0.717, 1.165) is 73.3 Å². The molecule has 1 amide bonds. The Labute approximate surface area is 175 Å². The highest BCUT2D eigenvalue weighted by molar-refractivity contribution is 8.00. The van der Waals surface area contributed by atoms with Crippen LogP contribution in [0.5, 0.6) is 0 Å². The van der Waals surface area contributed by atoms with Crippen LogP contribution in [0.3, 0.4) is 0 Å². The number of benzene rings is 1. The van der Waals surface area contributed by atoms with E-state index in [2.05, 4.69) is 16.4 Å². The number of carbonyl (C=O) groups is 1. The standard InChI is InChI=1S/C20H17ClF3N3OS/c21-15-7-6-14(20(22,23)24)9-17(15)26-18(28)11-29-19-13(10-25)8-12-4-2-1-3-5-16(12)27-19/h6-9H,1-5,11H2,(H,26,28). The molecule has 0 unspecified atom stereocenters. The van der Waals surface area contributed by atoms with Crippen molar-refractivity contribution in [2.75, 3.05) is 11.1 Å². The summed E-state index contributed by atoms with van der Waals surface area (Å²) in [5.74, 6) is -0.635. The molecule has 0 saturated heterocycles. The first-order chi connectivity index (χ1) is 13.8. The predicted octanol–water partition coefficient (Wildman–Crippen LogP) is 5.63. The van der Waals surface area contributed by atoms with Crippen LogP contribution in [0.15, 0.2) is 29.3 Å². The molecule has 1 aromatic heterocycles. The number of aromatic nitrogens is 1. The third kappa shape index (κ3) is 5.43. The zero-order valence-electron chi connectivity index (χ0n) is 15.3. The fraction of sp³-hybridized carbons (Fsp3) is 0.350. The second-order valence-electron chi connectivity index (χ2n) is 6.65. The molecule has 0 fully saturated rings. The molecule has 29 heavy (non-hydrogen) atoms. The van der Waals surface area contributed by atoms with Gasteiger partial charge in [-0.15, -0.1) is 0 Å². The molecule has 0 aliphatic heterocycles. The number of rotatable bonds is 4. The Morgan fingerprint density at radius 2 is 2.00 bits per heavy atom. The van der Waals surface area contributed by atoms with Crippen LogP contribution < -0.4 is 5.32 Å². The largest absolute Gasteiger partial charge is 0.416 e. The van der Waals surface area contributed by atoms with E-state index in [-0.39, 0.29) is 16.5 Å². The summed E-state index contributed by atoms with van der Waals surface area (Å²) in [7, 11) is 0. The molecule has 2 aromatic rings. The molecule has 3 rings (SSSR count). The van der Waals surface area contributed by atoms with E-state index in [0.29, 0.717) is 10.6 Å². The van der Waals surface area contributed by atoms with Gasteiger partial charge in [-0.25, -0.2) is 4.98 Å². The van der Waals surface area contributed by atoms with Gasteiger partial charge < -0.3 is 5.32 Å². The number of amides is 1. The number of carbonyl (C=O) groups excluding carboxylic acids is 1. The lowest BCUT2D eigenvalue weighted by Gasteiger charge is -2.12. The molecule has 0 bridgehead atoms. The lowest BCUT2D eigenvalue weighted by molar-refractivity contribution is -0.137. The van der Waals surface area contributed by atoms with Crippen LogP contribution in [-0.2, 0) is 23.8 Å². The van der Waals surface area contributed by atoms with E-state index in [9.17, 15) is 23.2 Å². The van der Waals surface area contributed by atoms with Crippen LogP contribution >= 0.6 is 23.4 Å². The number of pyridine rings is 1. The number of aryl methyl sites for hydroxylation is 2. The highest BCUT2D eigenvalue weighted by atomic mass is 35.5. The number of thioether (sulfide) groups is 1. The Morgan fingerprint density at radius 3 is 2.72 bits per heavy atom. The zero-order chi connectivity index (χ0) is 21.0. The minimum atomic E-state index is -4.54. The van der Waals surface area contributed by atoms with Gasteiger partial charge in [0.1, 0.15) is 11.1 Å². The fourth-order valence-corrected chi connectivity index (χ4v) is 4.04. The number of nitriles is 1. The number of hydrogen-bond acceptors (Lipinski definition) is 4. The van der Waals surface area contributed by atoms with Gasteiger partial charge in [0, 0.05) is 5.69 Å². The molecule has 0 spiro atoms. The lowest BCUT2D eigenvalue weighted by atomic mass is 10.1. The van der Waals surface area contributed by atoms with Crippen molar-refractivity contribution in [1.29, 1.82) is 5.26 Å². The third-order valence-electron chi connectivity index (χ3n) is 4.54. The Balaban J connectivity index is 1.72. The number of nitrogens with one attached hydrogen (secondary N) is 1. The molecule has 0 radical (unpaired) electrons. The normalized spacial score (nSPS) is 13.9. The summed E-state index contributed by atoms with van der Waals surface area (Å²) in [5.41, 5.74) is 1.42. The molecular weight excluding hydrogens is 423 g/mol. The van der Waals surface area contributed by atoms with E-state index in [1.165, 1.54) is 0 Å². The van der Waals surface area contributed by atoms with Gasteiger partial charge in [-0.2, -0.15) is 18.4 Å².